The second-order valence-corrected chi connectivity index (χ2v) is 4.69. The van der Waals surface area contributed by atoms with Crippen LogP contribution in [0.5, 0.6) is 0 Å². The molecular formula is C15H16N2O3. The molecule has 0 aliphatic rings. The fourth-order valence-corrected chi connectivity index (χ4v) is 2.10. The van der Waals surface area contributed by atoms with Crippen LogP contribution in [0.3, 0.4) is 0 Å². The van der Waals surface area contributed by atoms with Crippen LogP contribution in [-0.2, 0) is 11.2 Å². The van der Waals surface area contributed by atoms with Gasteiger partial charge in [-0.25, -0.2) is 4.98 Å². The lowest BCUT2D eigenvalue weighted by Crippen LogP contribution is -2.18. The van der Waals surface area contributed by atoms with Gasteiger partial charge in [0.25, 0.3) is 5.56 Å². The first-order chi connectivity index (χ1) is 9.49. The highest BCUT2D eigenvalue weighted by Crippen LogP contribution is 2.19. The minimum absolute atomic E-state index is 0.0741. The fourth-order valence-electron chi connectivity index (χ4n) is 2.10. The molecule has 0 aliphatic carbocycles. The lowest BCUT2D eigenvalue weighted by molar-refractivity contribution is -0.136. The first kappa shape index (κ1) is 14.0. The van der Waals surface area contributed by atoms with Crippen LogP contribution in [0.1, 0.15) is 23.2 Å². The van der Waals surface area contributed by atoms with E-state index in [4.69, 9.17) is 5.11 Å². The Labute approximate surface area is 116 Å². The summed E-state index contributed by atoms with van der Waals surface area (Å²) in [5, 5.41) is 8.69. The third-order valence-corrected chi connectivity index (χ3v) is 3.21. The van der Waals surface area contributed by atoms with E-state index in [1.807, 2.05) is 31.2 Å². The van der Waals surface area contributed by atoms with Crippen molar-refractivity contribution >= 4 is 5.97 Å². The second-order valence-electron chi connectivity index (χ2n) is 4.69. The first-order valence-corrected chi connectivity index (χ1v) is 6.36. The molecule has 1 aromatic carbocycles. The third-order valence-electron chi connectivity index (χ3n) is 3.21. The van der Waals surface area contributed by atoms with Crippen molar-refractivity contribution in [2.45, 2.75) is 26.7 Å². The molecule has 5 nitrogen and oxygen atoms in total. The van der Waals surface area contributed by atoms with Crippen molar-refractivity contribution in [1.82, 2.24) is 9.97 Å². The minimum atomic E-state index is -0.924. The number of hydrogen-bond acceptors (Lipinski definition) is 3. The number of aromatic nitrogens is 2. The molecular weight excluding hydrogens is 256 g/mol. The lowest BCUT2D eigenvalue weighted by Gasteiger charge is -2.08. The van der Waals surface area contributed by atoms with Gasteiger partial charge in [0.1, 0.15) is 5.82 Å². The normalized spacial score (nSPS) is 10.5. The molecule has 20 heavy (non-hydrogen) atoms. The van der Waals surface area contributed by atoms with E-state index in [2.05, 4.69) is 9.97 Å². The van der Waals surface area contributed by atoms with Gasteiger partial charge in [0.05, 0.1) is 0 Å². The van der Waals surface area contributed by atoms with Crippen LogP contribution in [0, 0.1) is 13.8 Å². The Kier molecular flexibility index (Phi) is 3.98. The molecule has 0 atom stereocenters. The quantitative estimate of drug-likeness (QED) is 0.892. The van der Waals surface area contributed by atoms with Crippen LogP contribution in [-0.4, -0.2) is 21.0 Å². The molecule has 104 valence electrons. The Morgan fingerprint density at radius 1 is 1.30 bits per heavy atom. The molecule has 0 saturated heterocycles. The van der Waals surface area contributed by atoms with Crippen molar-refractivity contribution in [3.63, 3.8) is 0 Å². The lowest BCUT2D eigenvalue weighted by atomic mass is 10.1. The molecule has 0 unspecified atom stereocenters. The Bertz CT molecular complexity index is 705. The molecule has 0 aliphatic heterocycles. The molecule has 0 fully saturated rings. The maximum atomic E-state index is 12.1. The zero-order chi connectivity index (χ0) is 14.7. The summed E-state index contributed by atoms with van der Waals surface area (Å²) in [7, 11) is 0. The Hall–Kier alpha value is -2.43. The number of benzene rings is 1. The molecule has 2 rings (SSSR count). The van der Waals surface area contributed by atoms with Gasteiger partial charge in [-0.2, -0.15) is 0 Å². The van der Waals surface area contributed by atoms with Gasteiger partial charge in [-0.15, -0.1) is 0 Å². The SMILES string of the molecule is Cc1ccccc1-c1nc(C)c(CCC(=O)O)c(=O)[nH]1. The molecule has 0 bridgehead atoms. The number of H-pyrrole nitrogens is 1. The van der Waals surface area contributed by atoms with Gasteiger partial charge in [0.2, 0.25) is 0 Å². The van der Waals surface area contributed by atoms with Crippen molar-refractivity contribution in [2.75, 3.05) is 0 Å². The fraction of sp³-hybridized carbons (Fsp3) is 0.267. The molecule has 1 aromatic heterocycles. The number of rotatable bonds is 4. The van der Waals surface area contributed by atoms with Crippen LogP contribution < -0.4 is 5.56 Å². The van der Waals surface area contributed by atoms with Gasteiger partial charge < -0.3 is 10.1 Å². The van der Waals surface area contributed by atoms with E-state index in [0.29, 0.717) is 17.1 Å². The summed E-state index contributed by atoms with van der Waals surface area (Å²) in [4.78, 5) is 29.8. The summed E-state index contributed by atoms with van der Waals surface area (Å²) >= 11 is 0. The predicted molar refractivity (Wildman–Crippen MR) is 75.7 cm³/mol. The average Bonchev–Trinajstić information content (AvgIpc) is 2.37. The Morgan fingerprint density at radius 2 is 2.00 bits per heavy atom. The van der Waals surface area contributed by atoms with Crippen LogP contribution in [0.15, 0.2) is 29.1 Å². The number of aromatic amines is 1. The molecule has 5 heteroatoms. The summed E-state index contributed by atoms with van der Waals surface area (Å²) in [5.74, 6) is -0.406. The van der Waals surface area contributed by atoms with Gasteiger partial charge in [-0.05, 0) is 25.8 Å². The highest BCUT2D eigenvalue weighted by Gasteiger charge is 2.11. The van der Waals surface area contributed by atoms with E-state index < -0.39 is 5.97 Å². The van der Waals surface area contributed by atoms with Crippen LogP contribution in [0.4, 0.5) is 0 Å². The van der Waals surface area contributed by atoms with Crippen LogP contribution in [0.25, 0.3) is 11.4 Å². The summed E-state index contributed by atoms with van der Waals surface area (Å²) in [6, 6.07) is 7.65. The van der Waals surface area contributed by atoms with Crippen molar-refractivity contribution in [1.29, 1.82) is 0 Å². The van der Waals surface area contributed by atoms with Crippen molar-refractivity contribution in [2.24, 2.45) is 0 Å². The number of aryl methyl sites for hydroxylation is 2. The number of carbonyl (C=O) groups is 1. The van der Waals surface area contributed by atoms with Gasteiger partial charge in [0, 0.05) is 23.2 Å². The minimum Gasteiger partial charge on any atom is -0.481 e. The van der Waals surface area contributed by atoms with E-state index in [9.17, 15) is 9.59 Å². The average molecular weight is 272 g/mol. The number of nitrogens with zero attached hydrogens (tertiary/aromatic N) is 1. The molecule has 0 radical (unpaired) electrons. The standard InChI is InChI=1S/C15H16N2O3/c1-9-5-3-4-6-11(9)14-16-10(2)12(15(20)17-14)7-8-13(18)19/h3-6H,7-8H2,1-2H3,(H,18,19)(H,16,17,20). The highest BCUT2D eigenvalue weighted by atomic mass is 16.4. The second kappa shape index (κ2) is 5.69. The van der Waals surface area contributed by atoms with Crippen molar-refractivity contribution in [3.05, 3.63) is 51.4 Å². The Balaban J connectivity index is 2.43. The summed E-state index contributed by atoms with van der Waals surface area (Å²) in [6.07, 6.45) is 0.118. The maximum absolute atomic E-state index is 12.1. The van der Waals surface area contributed by atoms with E-state index >= 15 is 0 Å². The summed E-state index contributed by atoms with van der Waals surface area (Å²) in [6.45, 7) is 3.68. The van der Waals surface area contributed by atoms with E-state index in [0.717, 1.165) is 11.1 Å². The zero-order valence-electron chi connectivity index (χ0n) is 11.4. The van der Waals surface area contributed by atoms with E-state index in [1.54, 1.807) is 6.92 Å². The molecule has 0 spiro atoms. The Morgan fingerprint density at radius 3 is 2.60 bits per heavy atom. The number of nitrogens with one attached hydrogen (secondary N) is 1. The molecule has 2 aromatic rings. The largest absolute Gasteiger partial charge is 0.481 e. The third kappa shape index (κ3) is 2.93. The number of aliphatic carboxylic acids is 1. The predicted octanol–water partition coefficient (Wildman–Crippen LogP) is 2.07. The highest BCUT2D eigenvalue weighted by molar-refractivity contribution is 5.67. The zero-order valence-corrected chi connectivity index (χ0v) is 11.4. The van der Waals surface area contributed by atoms with Gasteiger partial charge >= 0.3 is 5.97 Å². The maximum Gasteiger partial charge on any atom is 0.303 e. The molecule has 2 N–H and O–H groups in total. The van der Waals surface area contributed by atoms with E-state index in [1.165, 1.54) is 0 Å². The monoisotopic (exact) mass is 272 g/mol. The van der Waals surface area contributed by atoms with Crippen molar-refractivity contribution in [3.8, 4) is 11.4 Å². The first-order valence-electron chi connectivity index (χ1n) is 6.36. The number of carboxylic acids is 1. The smallest absolute Gasteiger partial charge is 0.303 e. The van der Waals surface area contributed by atoms with Crippen molar-refractivity contribution < 1.29 is 9.90 Å². The molecule has 0 amide bonds. The topological polar surface area (TPSA) is 83.0 Å². The van der Waals surface area contributed by atoms with Crippen LogP contribution in [0.2, 0.25) is 0 Å². The van der Waals surface area contributed by atoms with Crippen LogP contribution >= 0.6 is 0 Å². The summed E-state index contributed by atoms with van der Waals surface area (Å²) in [5.41, 5.74) is 2.64. The van der Waals surface area contributed by atoms with Gasteiger partial charge in [-0.1, -0.05) is 24.3 Å². The molecule has 1 heterocycles. The van der Waals surface area contributed by atoms with Gasteiger partial charge in [-0.3, -0.25) is 9.59 Å². The number of hydrogen-bond donors (Lipinski definition) is 2. The number of carboxylic acid groups (broad SMARTS) is 1. The summed E-state index contributed by atoms with van der Waals surface area (Å²) < 4.78 is 0. The molecule has 0 saturated carbocycles. The van der Waals surface area contributed by atoms with Gasteiger partial charge in [0.15, 0.2) is 0 Å². The van der Waals surface area contributed by atoms with E-state index in [-0.39, 0.29) is 18.4 Å².